The number of carboxylic acid groups (broad SMARTS) is 2. The minimum Gasteiger partial charge on any atom is -0.543 e. The van der Waals surface area contributed by atoms with Gasteiger partial charge in [0.15, 0.2) is 0 Å². The molecule has 0 radical (unpaired) electrons. The number of aliphatic carboxylic acids is 2. The van der Waals surface area contributed by atoms with Crippen LogP contribution in [0, 0.1) is 0 Å². The van der Waals surface area contributed by atoms with E-state index in [1.807, 2.05) is 0 Å². The minimum absolute atomic E-state index is 0.00505. The van der Waals surface area contributed by atoms with Crippen LogP contribution < -0.4 is 32.3 Å². The van der Waals surface area contributed by atoms with Crippen molar-refractivity contribution in [3.05, 3.63) is 0 Å². The zero-order valence-corrected chi connectivity index (χ0v) is 16.6. The number of nitrogens with one attached hydrogen (secondary N) is 2. The van der Waals surface area contributed by atoms with Crippen LogP contribution in [0.3, 0.4) is 0 Å². The number of rotatable bonds is 10. The van der Waals surface area contributed by atoms with Crippen molar-refractivity contribution < 1.29 is 51.1 Å². The van der Waals surface area contributed by atoms with Gasteiger partial charge < -0.3 is 52.1 Å². The minimum atomic E-state index is -2.19. The number of aliphatic hydroxyl groups excluding tert-OH is 2. The summed E-state index contributed by atoms with van der Waals surface area (Å²) < 4.78 is 0. The first-order valence-electron chi connectivity index (χ1n) is 8.88. The molecule has 166 valence electrons. The fourth-order valence-corrected chi connectivity index (χ4v) is 1.31. The van der Waals surface area contributed by atoms with Crippen LogP contribution in [0.15, 0.2) is 0 Å². The quantitative estimate of drug-likeness (QED) is 0.189. The van der Waals surface area contributed by atoms with Gasteiger partial charge >= 0.3 is 0 Å². The van der Waals surface area contributed by atoms with Gasteiger partial charge in [-0.3, -0.25) is 9.59 Å². The number of quaternary nitrogens is 2. The Morgan fingerprint density at radius 2 is 1.07 bits per heavy atom. The van der Waals surface area contributed by atoms with Crippen molar-refractivity contribution >= 4 is 23.8 Å². The van der Waals surface area contributed by atoms with Gasteiger partial charge in [-0.05, 0) is 26.7 Å². The van der Waals surface area contributed by atoms with E-state index < -0.39 is 11.9 Å². The molecule has 0 aromatic carbocycles. The Kier molecular flexibility index (Phi) is 22.9. The lowest BCUT2D eigenvalue weighted by atomic mass is 10.2. The third-order valence-corrected chi connectivity index (χ3v) is 2.74. The summed E-state index contributed by atoms with van der Waals surface area (Å²) >= 11 is 0. The topological polar surface area (TPSA) is 234 Å². The molecular formula is C16H34N4O8. The first-order chi connectivity index (χ1) is 13.0. The lowest BCUT2D eigenvalue weighted by Crippen LogP contribution is -2.54. The van der Waals surface area contributed by atoms with Crippen molar-refractivity contribution in [3.63, 3.8) is 0 Å². The molecule has 10 N–H and O–H groups in total. The van der Waals surface area contributed by atoms with Gasteiger partial charge in [-0.25, -0.2) is 0 Å². The van der Waals surface area contributed by atoms with E-state index in [9.17, 15) is 9.59 Å². The fraction of sp³-hybridized carbons (Fsp3) is 0.750. The Labute approximate surface area is 164 Å². The van der Waals surface area contributed by atoms with E-state index in [0.29, 0.717) is 51.9 Å². The summed E-state index contributed by atoms with van der Waals surface area (Å²) in [6, 6.07) is 0. The second-order valence-electron chi connectivity index (χ2n) is 5.76. The Morgan fingerprint density at radius 1 is 0.786 bits per heavy atom. The lowest BCUT2D eigenvalue weighted by Gasteiger charge is -2.03. The summed E-state index contributed by atoms with van der Waals surface area (Å²) in [4.78, 5) is 39.6. The van der Waals surface area contributed by atoms with Gasteiger partial charge in [0, 0.05) is 12.8 Å². The normalized spacial score (nSPS) is 11.5. The summed E-state index contributed by atoms with van der Waals surface area (Å²) in [7, 11) is 0. The first-order valence-corrected chi connectivity index (χ1v) is 8.88. The zero-order valence-electron chi connectivity index (χ0n) is 16.6. The van der Waals surface area contributed by atoms with Gasteiger partial charge in [-0.1, -0.05) is 0 Å². The van der Waals surface area contributed by atoms with Crippen LogP contribution in [0.1, 0.15) is 39.5 Å². The van der Waals surface area contributed by atoms with Gasteiger partial charge in [0.1, 0.15) is 0 Å². The molecule has 0 fully saturated rings. The van der Waals surface area contributed by atoms with E-state index in [1.165, 1.54) is 0 Å². The molecule has 0 saturated carbocycles. The SMILES string of the molecule is CC(O)CCC(=O)NCC[NH3+].CC(O)CCC(=O)NCC[NH3+].O=C([O-])C(=O)[O-]. The Morgan fingerprint density at radius 3 is 1.25 bits per heavy atom. The van der Waals surface area contributed by atoms with Gasteiger partial charge in [0.2, 0.25) is 11.8 Å². The molecule has 12 nitrogen and oxygen atoms in total. The second-order valence-corrected chi connectivity index (χ2v) is 5.76. The maximum Gasteiger partial charge on any atom is 0.220 e. The van der Waals surface area contributed by atoms with Crippen LogP contribution in [-0.2, 0) is 19.2 Å². The predicted molar refractivity (Wildman–Crippen MR) is 93.4 cm³/mol. The molecular weight excluding hydrogens is 376 g/mol. The summed E-state index contributed by atoms with van der Waals surface area (Å²) in [6.45, 7) is 6.02. The highest BCUT2D eigenvalue weighted by molar-refractivity contribution is 6.25. The largest absolute Gasteiger partial charge is 0.543 e. The molecule has 0 bridgehead atoms. The van der Waals surface area contributed by atoms with Crippen molar-refractivity contribution in [1.82, 2.24) is 10.6 Å². The van der Waals surface area contributed by atoms with Crippen LogP contribution in [0.5, 0.6) is 0 Å². The van der Waals surface area contributed by atoms with Crippen LogP contribution in [-0.4, -0.2) is 72.4 Å². The van der Waals surface area contributed by atoms with Gasteiger partial charge in [0.05, 0.1) is 50.3 Å². The van der Waals surface area contributed by atoms with Crippen LogP contribution in [0.4, 0.5) is 0 Å². The average Bonchev–Trinajstić information content (AvgIpc) is 2.62. The monoisotopic (exact) mass is 410 g/mol. The average molecular weight is 410 g/mol. The maximum absolute atomic E-state index is 10.9. The zero-order chi connectivity index (χ0) is 22.5. The molecule has 0 heterocycles. The number of carboxylic acids is 2. The summed E-state index contributed by atoms with van der Waals surface area (Å²) in [5.41, 5.74) is 7.18. The molecule has 0 aliphatic rings. The predicted octanol–water partition coefficient (Wildman–Crippen LogP) is -6.50. The number of hydrogen-bond acceptors (Lipinski definition) is 8. The molecule has 0 rings (SSSR count). The molecule has 2 atom stereocenters. The number of carbonyl (C=O) groups excluding carboxylic acids is 4. The molecule has 0 spiro atoms. The van der Waals surface area contributed by atoms with Crippen LogP contribution in [0.25, 0.3) is 0 Å². The summed E-state index contributed by atoms with van der Waals surface area (Å²) in [5, 5.41) is 40.9. The van der Waals surface area contributed by atoms with Crippen molar-refractivity contribution in [2.75, 3.05) is 26.2 Å². The Balaban J connectivity index is -0.000000351. The van der Waals surface area contributed by atoms with Crippen LogP contribution in [0.2, 0.25) is 0 Å². The molecule has 0 saturated heterocycles. The molecule has 0 aliphatic heterocycles. The standard InChI is InChI=1S/2C7H16N2O2.C2H2O4/c2*1-6(10)2-3-7(11)9-5-4-8;3-1(4)2(5)6/h2*6,10H,2-5,8H2,1H3,(H,9,11);(H,3,4)(H,5,6). The summed E-state index contributed by atoms with van der Waals surface area (Å²) in [6.07, 6.45) is 1.09. The van der Waals surface area contributed by atoms with E-state index in [4.69, 9.17) is 30.0 Å². The fourth-order valence-electron chi connectivity index (χ4n) is 1.31. The van der Waals surface area contributed by atoms with E-state index in [-0.39, 0.29) is 24.0 Å². The van der Waals surface area contributed by atoms with E-state index in [1.54, 1.807) is 13.8 Å². The number of carbonyl (C=O) groups is 4. The van der Waals surface area contributed by atoms with E-state index in [0.717, 1.165) is 0 Å². The van der Waals surface area contributed by atoms with Crippen molar-refractivity contribution in [1.29, 1.82) is 0 Å². The first kappa shape index (κ1) is 30.4. The highest BCUT2D eigenvalue weighted by Crippen LogP contribution is 1.94. The van der Waals surface area contributed by atoms with Gasteiger partial charge in [0.25, 0.3) is 0 Å². The molecule has 0 aromatic rings. The molecule has 2 unspecified atom stereocenters. The second kappa shape index (κ2) is 21.0. The molecule has 12 heteroatoms. The Hall–Kier alpha value is -2.28. The number of hydrogen-bond donors (Lipinski definition) is 6. The van der Waals surface area contributed by atoms with E-state index >= 15 is 0 Å². The Bertz CT molecular complexity index is 404. The van der Waals surface area contributed by atoms with Crippen molar-refractivity contribution in [2.24, 2.45) is 0 Å². The summed E-state index contributed by atoms with van der Waals surface area (Å²) in [5.74, 6) is -4.38. The van der Waals surface area contributed by atoms with Crippen LogP contribution >= 0.6 is 0 Å². The molecule has 0 aliphatic carbocycles. The van der Waals surface area contributed by atoms with Gasteiger partial charge in [-0.15, -0.1) is 0 Å². The maximum atomic E-state index is 10.9. The molecule has 0 aromatic heterocycles. The smallest absolute Gasteiger partial charge is 0.220 e. The third-order valence-electron chi connectivity index (χ3n) is 2.74. The van der Waals surface area contributed by atoms with Gasteiger partial charge in [-0.2, -0.15) is 0 Å². The van der Waals surface area contributed by atoms with E-state index in [2.05, 4.69) is 22.1 Å². The number of aliphatic hydroxyl groups is 2. The van der Waals surface area contributed by atoms with Crippen molar-refractivity contribution in [3.8, 4) is 0 Å². The highest BCUT2D eigenvalue weighted by atomic mass is 16.4. The molecule has 28 heavy (non-hydrogen) atoms. The lowest BCUT2D eigenvalue weighted by molar-refractivity contribution is -0.365. The van der Waals surface area contributed by atoms with Crippen molar-refractivity contribution in [2.45, 2.75) is 51.7 Å². The highest BCUT2D eigenvalue weighted by Gasteiger charge is 2.03. The number of amides is 2. The third kappa shape index (κ3) is 31.5. The molecule has 2 amide bonds.